The molecule has 0 fully saturated rings. The molecule has 5 N–H and O–H groups in total. The van der Waals surface area contributed by atoms with Crippen LogP contribution in [0.4, 0.5) is 0 Å². The molecule has 0 spiro atoms. The van der Waals surface area contributed by atoms with Crippen molar-refractivity contribution in [3.63, 3.8) is 0 Å². The van der Waals surface area contributed by atoms with Gasteiger partial charge in [-0.2, -0.15) is 0 Å². The topological polar surface area (TPSA) is 102 Å². The molecule has 0 radical (unpaired) electrons. The second-order valence-electron chi connectivity index (χ2n) is 2.97. The predicted octanol–water partition coefficient (Wildman–Crippen LogP) is -3.81. The maximum atomic E-state index is 10.3. The zero-order chi connectivity index (χ0) is 9.72. The number of hydrogen-bond donors (Lipinski definition) is 3. The number of rotatable bonds is 5. The van der Waals surface area contributed by atoms with Crippen molar-refractivity contribution in [3.05, 3.63) is 0 Å². The van der Waals surface area contributed by atoms with Gasteiger partial charge in [-0.05, 0) is 5.92 Å². The van der Waals surface area contributed by atoms with Gasteiger partial charge in [0.1, 0.15) is 0 Å². The number of hydrogen-bond acceptors (Lipinski definition) is 2. The first-order valence-corrected chi connectivity index (χ1v) is 3.71. The van der Waals surface area contributed by atoms with Gasteiger partial charge in [-0.15, -0.1) is 0 Å². The molecule has 2 atom stereocenters. The monoisotopic (exact) mass is 211 g/mol. The fourth-order valence-corrected chi connectivity index (χ4v) is 0.968. The second-order valence-corrected chi connectivity index (χ2v) is 2.97. The summed E-state index contributed by atoms with van der Waals surface area (Å²) >= 11 is 0. The number of carboxylic acid groups (broad SMARTS) is 2. The minimum Gasteiger partial charge on any atom is -1.00 e. The average Bonchev–Trinajstić information content (AvgIpc) is 1.84. The lowest BCUT2D eigenvalue weighted by Gasteiger charge is -2.08. The van der Waals surface area contributed by atoms with Gasteiger partial charge in [0.25, 0.3) is 0 Å². The molecule has 0 saturated carbocycles. The highest BCUT2D eigenvalue weighted by atomic mass is 35.5. The zero-order valence-electron chi connectivity index (χ0n) is 7.36. The molecule has 0 amide bonds. The normalized spacial score (nSPS) is 14.0. The van der Waals surface area contributed by atoms with Gasteiger partial charge in [0.15, 0.2) is 6.04 Å². The summed E-state index contributed by atoms with van der Waals surface area (Å²) in [5.74, 6) is -2.02. The highest BCUT2D eigenvalue weighted by Crippen LogP contribution is 2.08. The Morgan fingerprint density at radius 3 is 2.15 bits per heavy atom. The first-order chi connectivity index (χ1) is 5.43. The molecule has 0 bridgehead atoms. The Labute approximate surface area is 82.3 Å². The van der Waals surface area contributed by atoms with Crippen LogP contribution in [0.5, 0.6) is 0 Å². The lowest BCUT2D eigenvalue weighted by atomic mass is 9.99. The fraction of sp³-hybridized carbons (Fsp3) is 0.714. The van der Waals surface area contributed by atoms with Crippen LogP contribution in [0.15, 0.2) is 0 Å². The maximum Gasteiger partial charge on any atom is 0.362 e. The lowest BCUT2D eigenvalue weighted by Crippen LogP contribution is -3.00. The van der Waals surface area contributed by atoms with Crippen molar-refractivity contribution in [3.8, 4) is 0 Å². The van der Waals surface area contributed by atoms with E-state index in [1.165, 1.54) is 0 Å². The summed E-state index contributed by atoms with van der Waals surface area (Å²) in [5.41, 5.74) is 3.39. The van der Waals surface area contributed by atoms with Crippen LogP contribution in [-0.2, 0) is 9.59 Å². The molecular formula is C7H14ClNO4. The molecule has 6 heteroatoms. The van der Waals surface area contributed by atoms with E-state index in [1.54, 1.807) is 6.92 Å². The third-order valence-electron chi connectivity index (χ3n) is 1.56. The van der Waals surface area contributed by atoms with Crippen molar-refractivity contribution in [2.45, 2.75) is 25.8 Å². The summed E-state index contributed by atoms with van der Waals surface area (Å²) < 4.78 is 0. The van der Waals surface area contributed by atoms with E-state index in [4.69, 9.17) is 10.2 Å². The average molecular weight is 212 g/mol. The van der Waals surface area contributed by atoms with Crippen LogP contribution in [-0.4, -0.2) is 28.2 Å². The number of carbonyl (C=O) groups is 2. The summed E-state index contributed by atoms with van der Waals surface area (Å²) in [6, 6.07) is -0.709. The Balaban J connectivity index is 0. The highest BCUT2D eigenvalue weighted by Gasteiger charge is 2.20. The van der Waals surface area contributed by atoms with Crippen LogP contribution in [0.2, 0.25) is 0 Å². The van der Waals surface area contributed by atoms with Gasteiger partial charge in [0.05, 0.1) is 0 Å². The third-order valence-corrected chi connectivity index (χ3v) is 1.56. The quantitative estimate of drug-likeness (QED) is 0.434. The van der Waals surface area contributed by atoms with Gasteiger partial charge < -0.3 is 28.4 Å². The van der Waals surface area contributed by atoms with E-state index < -0.39 is 18.0 Å². The Morgan fingerprint density at radius 1 is 1.38 bits per heavy atom. The first kappa shape index (κ1) is 14.7. The molecule has 78 valence electrons. The van der Waals surface area contributed by atoms with Crippen molar-refractivity contribution in [2.24, 2.45) is 5.92 Å². The Morgan fingerprint density at radius 2 is 1.85 bits per heavy atom. The van der Waals surface area contributed by atoms with Gasteiger partial charge in [-0.1, -0.05) is 6.92 Å². The molecule has 0 heterocycles. The van der Waals surface area contributed by atoms with Crippen LogP contribution in [0.25, 0.3) is 0 Å². The molecule has 0 saturated heterocycles. The molecule has 0 aromatic heterocycles. The summed E-state index contributed by atoms with van der Waals surface area (Å²) in [6.45, 7) is 1.70. The molecule has 0 aromatic rings. The van der Waals surface area contributed by atoms with Crippen LogP contribution in [0.1, 0.15) is 19.8 Å². The van der Waals surface area contributed by atoms with E-state index in [0.717, 1.165) is 0 Å². The van der Waals surface area contributed by atoms with E-state index in [9.17, 15) is 9.59 Å². The summed E-state index contributed by atoms with van der Waals surface area (Å²) in [4.78, 5) is 20.5. The lowest BCUT2D eigenvalue weighted by molar-refractivity contribution is -0.410. The van der Waals surface area contributed by atoms with E-state index in [2.05, 4.69) is 5.73 Å². The van der Waals surface area contributed by atoms with E-state index in [-0.39, 0.29) is 24.7 Å². The Bertz CT molecular complexity index is 185. The Kier molecular flexibility index (Phi) is 7.55. The molecule has 5 nitrogen and oxygen atoms in total. The van der Waals surface area contributed by atoms with Crippen molar-refractivity contribution in [1.29, 1.82) is 0 Å². The number of carboxylic acids is 2. The van der Waals surface area contributed by atoms with Gasteiger partial charge >= 0.3 is 11.9 Å². The van der Waals surface area contributed by atoms with Crippen LogP contribution < -0.4 is 18.1 Å². The largest absolute Gasteiger partial charge is 1.00 e. The maximum absolute atomic E-state index is 10.3. The number of quaternary nitrogens is 1. The Hall–Kier alpha value is -0.810. The van der Waals surface area contributed by atoms with Crippen LogP contribution in [0, 0.1) is 5.92 Å². The molecule has 0 aliphatic carbocycles. The third kappa shape index (κ3) is 7.55. The molecule has 0 unspecified atom stereocenters. The van der Waals surface area contributed by atoms with E-state index in [1.807, 2.05) is 0 Å². The predicted molar refractivity (Wildman–Crippen MR) is 40.3 cm³/mol. The van der Waals surface area contributed by atoms with E-state index >= 15 is 0 Å². The minimum absolute atomic E-state index is 0. The smallest absolute Gasteiger partial charge is 0.362 e. The van der Waals surface area contributed by atoms with Crippen molar-refractivity contribution in [2.75, 3.05) is 0 Å². The SMILES string of the molecule is C[C@H](CC(=O)O)C[C@H]([NH3+])C(=O)O.[Cl-]. The van der Waals surface area contributed by atoms with Gasteiger partial charge in [0, 0.05) is 12.8 Å². The number of halogens is 1. The van der Waals surface area contributed by atoms with Crippen molar-refractivity contribution in [1.82, 2.24) is 0 Å². The molecule has 13 heavy (non-hydrogen) atoms. The standard InChI is InChI=1S/C7H13NO4.ClH/c1-4(3-6(9)10)2-5(8)7(11)12;/h4-5H,2-3,8H2,1H3,(H,9,10)(H,11,12);1H/t4-,5-;/m0./s1. The minimum atomic E-state index is -0.979. The first-order valence-electron chi connectivity index (χ1n) is 3.71. The summed E-state index contributed by atoms with van der Waals surface area (Å²) in [6.07, 6.45) is 0.306. The van der Waals surface area contributed by atoms with Crippen LogP contribution >= 0.6 is 0 Å². The molecular weight excluding hydrogens is 198 g/mol. The van der Waals surface area contributed by atoms with Crippen molar-refractivity contribution >= 4 is 11.9 Å². The zero-order valence-corrected chi connectivity index (χ0v) is 8.12. The molecule has 0 aliphatic heterocycles. The molecule has 0 aliphatic rings. The number of aliphatic carboxylic acids is 2. The molecule has 0 rings (SSSR count). The summed E-state index contributed by atoms with van der Waals surface area (Å²) in [7, 11) is 0. The molecule has 0 aromatic carbocycles. The van der Waals surface area contributed by atoms with Gasteiger partial charge in [0.2, 0.25) is 0 Å². The summed E-state index contributed by atoms with van der Waals surface area (Å²) in [5, 5.41) is 16.8. The fourth-order valence-electron chi connectivity index (χ4n) is 0.968. The van der Waals surface area contributed by atoms with Gasteiger partial charge in [-0.3, -0.25) is 4.79 Å². The second kappa shape index (κ2) is 6.68. The van der Waals surface area contributed by atoms with E-state index in [0.29, 0.717) is 6.42 Å². The highest BCUT2D eigenvalue weighted by molar-refractivity contribution is 5.71. The van der Waals surface area contributed by atoms with Crippen molar-refractivity contribution < 1.29 is 37.9 Å². The van der Waals surface area contributed by atoms with Crippen LogP contribution in [0.3, 0.4) is 0 Å². The van der Waals surface area contributed by atoms with Gasteiger partial charge in [-0.25, -0.2) is 4.79 Å².